The molecular formula is C13H10Cl2. The molecule has 0 saturated heterocycles. The molecule has 1 aliphatic carbocycles. The minimum atomic E-state index is 0.194. The van der Waals surface area contributed by atoms with E-state index in [1.165, 1.54) is 21.9 Å². The van der Waals surface area contributed by atoms with Gasteiger partial charge >= 0.3 is 0 Å². The monoisotopic (exact) mass is 236 g/mol. The lowest BCUT2D eigenvalue weighted by atomic mass is 10.0. The predicted octanol–water partition coefficient (Wildman–Crippen LogP) is 4.75. The average Bonchev–Trinajstić information content (AvgIpc) is 2.66. The van der Waals surface area contributed by atoms with Gasteiger partial charge in [-0.1, -0.05) is 48.6 Å². The Morgan fingerprint density at radius 3 is 1.73 bits per heavy atom. The first-order valence-electron chi connectivity index (χ1n) is 4.68. The molecule has 0 atom stereocenters. The lowest BCUT2D eigenvalue weighted by Gasteiger charge is -1.99. The standard InChI is InChI=1S/C12H8.CH2Cl2/c1-3-9-4-2-6-11-8-7-10(5-1)12(9)11;2-1-3/h1-8H;1H2. The van der Waals surface area contributed by atoms with Crippen molar-refractivity contribution < 1.29 is 0 Å². The van der Waals surface area contributed by atoms with Crippen LogP contribution in [0.3, 0.4) is 0 Å². The van der Waals surface area contributed by atoms with Gasteiger partial charge in [-0.05, 0) is 21.9 Å². The first-order valence-corrected chi connectivity index (χ1v) is 5.75. The normalized spacial score (nSPS) is 11.3. The second kappa shape index (κ2) is 4.69. The topological polar surface area (TPSA) is 0 Å². The summed E-state index contributed by atoms with van der Waals surface area (Å²) in [5.41, 5.74) is 2.70. The fourth-order valence-corrected chi connectivity index (χ4v) is 1.86. The molecule has 0 spiro atoms. The van der Waals surface area contributed by atoms with Crippen molar-refractivity contribution in [2.24, 2.45) is 0 Å². The van der Waals surface area contributed by atoms with Crippen LogP contribution in [0.15, 0.2) is 36.4 Å². The van der Waals surface area contributed by atoms with Crippen LogP contribution in [0, 0.1) is 0 Å². The summed E-state index contributed by atoms with van der Waals surface area (Å²) >= 11 is 9.53. The van der Waals surface area contributed by atoms with E-state index in [1.54, 1.807) is 0 Å². The summed E-state index contributed by atoms with van der Waals surface area (Å²) in [6, 6.07) is 12.9. The average molecular weight is 237 g/mol. The van der Waals surface area contributed by atoms with Crippen molar-refractivity contribution >= 4 is 46.1 Å². The molecule has 2 aromatic rings. The Hall–Kier alpha value is -0.980. The van der Waals surface area contributed by atoms with Gasteiger partial charge in [0.25, 0.3) is 0 Å². The summed E-state index contributed by atoms with van der Waals surface area (Å²) < 4.78 is 0. The van der Waals surface area contributed by atoms with Crippen molar-refractivity contribution in [2.75, 3.05) is 5.34 Å². The summed E-state index contributed by atoms with van der Waals surface area (Å²) in [5, 5.41) is 2.94. The summed E-state index contributed by atoms with van der Waals surface area (Å²) in [4.78, 5) is 0. The van der Waals surface area contributed by atoms with E-state index in [9.17, 15) is 0 Å². The molecule has 0 unspecified atom stereocenters. The van der Waals surface area contributed by atoms with Crippen molar-refractivity contribution in [3.05, 3.63) is 47.5 Å². The van der Waals surface area contributed by atoms with Crippen LogP contribution in [-0.2, 0) is 0 Å². The van der Waals surface area contributed by atoms with Crippen LogP contribution in [0.5, 0.6) is 0 Å². The first kappa shape index (κ1) is 10.5. The maximum atomic E-state index is 4.76. The van der Waals surface area contributed by atoms with Crippen molar-refractivity contribution in [3.8, 4) is 0 Å². The molecule has 0 bridgehead atoms. The van der Waals surface area contributed by atoms with E-state index in [0.717, 1.165) is 0 Å². The largest absolute Gasteiger partial charge is 0.109 e. The number of hydrogen-bond donors (Lipinski definition) is 0. The van der Waals surface area contributed by atoms with Gasteiger partial charge < -0.3 is 0 Å². The Balaban J connectivity index is 0.000000258. The van der Waals surface area contributed by atoms with Gasteiger partial charge in [0.15, 0.2) is 0 Å². The molecule has 1 aliphatic rings. The van der Waals surface area contributed by atoms with Gasteiger partial charge in [0.1, 0.15) is 0 Å². The SMILES string of the molecule is C1=Cc2cccc3cccc1c23.ClCCl. The Morgan fingerprint density at radius 1 is 0.800 bits per heavy atom. The highest BCUT2D eigenvalue weighted by atomic mass is 35.5. The lowest BCUT2D eigenvalue weighted by molar-refractivity contribution is 1.72. The van der Waals surface area contributed by atoms with Crippen LogP contribution in [-0.4, -0.2) is 5.34 Å². The highest BCUT2D eigenvalue weighted by molar-refractivity contribution is 6.40. The zero-order valence-electron chi connectivity index (χ0n) is 8.08. The van der Waals surface area contributed by atoms with Gasteiger partial charge in [0.05, 0.1) is 5.34 Å². The highest BCUT2D eigenvalue weighted by Gasteiger charge is 2.06. The summed E-state index contributed by atoms with van der Waals surface area (Å²) in [7, 11) is 0. The molecule has 3 rings (SSSR count). The summed E-state index contributed by atoms with van der Waals surface area (Å²) in [5.74, 6) is 0. The number of benzene rings is 2. The van der Waals surface area contributed by atoms with E-state index in [4.69, 9.17) is 23.2 Å². The zero-order chi connectivity index (χ0) is 10.7. The van der Waals surface area contributed by atoms with Crippen LogP contribution in [0.1, 0.15) is 11.1 Å². The van der Waals surface area contributed by atoms with Gasteiger partial charge in [0.2, 0.25) is 0 Å². The van der Waals surface area contributed by atoms with Gasteiger partial charge in [-0.15, -0.1) is 23.2 Å². The molecule has 0 N–H and O–H groups in total. The van der Waals surface area contributed by atoms with E-state index in [-0.39, 0.29) is 5.34 Å². The van der Waals surface area contributed by atoms with Crippen molar-refractivity contribution in [2.45, 2.75) is 0 Å². The fraction of sp³-hybridized carbons (Fsp3) is 0.0769. The minimum Gasteiger partial charge on any atom is -0.109 e. The van der Waals surface area contributed by atoms with Gasteiger partial charge in [-0.25, -0.2) is 0 Å². The van der Waals surface area contributed by atoms with E-state index >= 15 is 0 Å². The number of rotatable bonds is 0. The quantitative estimate of drug-likeness (QED) is 0.495. The summed E-state index contributed by atoms with van der Waals surface area (Å²) in [6.07, 6.45) is 4.36. The van der Waals surface area contributed by atoms with Crippen LogP contribution in [0.4, 0.5) is 0 Å². The third-order valence-electron chi connectivity index (χ3n) is 2.41. The molecule has 0 fully saturated rings. The van der Waals surface area contributed by atoms with E-state index in [1.807, 2.05) is 0 Å². The van der Waals surface area contributed by atoms with Gasteiger partial charge in [-0.3, -0.25) is 0 Å². The third-order valence-corrected chi connectivity index (χ3v) is 2.41. The van der Waals surface area contributed by atoms with Crippen LogP contribution >= 0.6 is 23.2 Å². The second-order valence-corrected chi connectivity index (χ2v) is 4.04. The van der Waals surface area contributed by atoms with Crippen molar-refractivity contribution in [1.82, 2.24) is 0 Å². The predicted molar refractivity (Wildman–Crippen MR) is 69.4 cm³/mol. The maximum absolute atomic E-state index is 4.76. The van der Waals surface area contributed by atoms with Gasteiger partial charge in [-0.2, -0.15) is 0 Å². The van der Waals surface area contributed by atoms with Crippen LogP contribution in [0.2, 0.25) is 0 Å². The van der Waals surface area contributed by atoms with E-state index in [0.29, 0.717) is 0 Å². The highest BCUT2D eigenvalue weighted by Crippen LogP contribution is 2.30. The van der Waals surface area contributed by atoms with Crippen molar-refractivity contribution in [1.29, 1.82) is 0 Å². The molecule has 0 aromatic heterocycles. The molecule has 2 heteroatoms. The molecule has 0 amide bonds. The molecule has 0 heterocycles. The summed E-state index contributed by atoms with van der Waals surface area (Å²) in [6.45, 7) is 0. The second-order valence-electron chi connectivity index (χ2n) is 3.23. The Bertz CT molecular complexity index is 460. The van der Waals surface area contributed by atoms with Gasteiger partial charge in [0, 0.05) is 0 Å². The Kier molecular flexibility index (Phi) is 3.30. The van der Waals surface area contributed by atoms with Crippen LogP contribution in [0.25, 0.3) is 22.9 Å². The first-order chi connectivity index (χ1) is 7.36. The Labute approximate surface area is 99.1 Å². The number of alkyl halides is 2. The molecular weight excluding hydrogens is 227 g/mol. The van der Waals surface area contributed by atoms with Crippen LogP contribution < -0.4 is 0 Å². The molecule has 0 aliphatic heterocycles. The molecule has 2 aromatic carbocycles. The van der Waals surface area contributed by atoms with E-state index in [2.05, 4.69) is 48.6 Å². The molecule has 76 valence electrons. The molecule has 0 radical (unpaired) electrons. The number of halogens is 2. The minimum absolute atomic E-state index is 0.194. The molecule has 15 heavy (non-hydrogen) atoms. The molecule has 0 nitrogen and oxygen atoms in total. The molecule has 0 saturated carbocycles. The smallest absolute Gasteiger partial charge is 0.0967 e. The maximum Gasteiger partial charge on any atom is 0.0967 e. The van der Waals surface area contributed by atoms with E-state index < -0.39 is 0 Å². The Morgan fingerprint density at radius 2 is 1.27 bits per heavy atom. The zero-order valence-corrected chi connectivity index (χ0v) is 9.59. The fourth-order valence-electron chi connectivity index (χ4n) is 1.86. The third kappa shape index (κ3) is 2.01. The van der Waals surface area contributed by atoms with Crippen molar-refractivity contribution in [3.63, 3.8) is 0 Å². The number of hydrogen-bond acceptors (Lipinski definition) is 0. The lowest BCUT2D eigenvalue weighted by Crippen LogP contribution is -1.76.